The lowest BCUT2D eigenvalue weighted by molar-refractivity contribution is -0.894. The van der Waals surface area contributed by atoms with Crippen molar-refractivity contribution in [2.24, 2.45) is 5.92 Å². The molecular weight excluding hydrogens is 178 g/mol. The molecule has 0 heterocycles. The van der Waals surface area contributed by atoms with Gasteiger partial charge in [0.25, 0.3) is 0 Å². The van der Waals surface area contributed by atoms with Crippen LogP contribution >= 0.6 is 0 Å². The van der Waals surface area contributed by atoms with Crippen molar-refractivity contribution in [2.75, 3.05) is 27.7 Å². The highest BCUT2D eigenvalue weighted by atomic mass is 16.5. The third kappa shape index (κ3) is 5.97. The molecule has 0 saturated carbocycles. The Bertz CT molecular complexity index is 182. The van der Waals surface area contributed by atoms with E-state index in [-0.39, 0.29) is 5.97 Å². The largest absolute Gasteiger partial charge is 0.459 e. The molecule has 0 aliphatic rings. The number of ether oxygens (including phenoxy) is 1. The maximum Gasteiger partial charge on any atom is 0.306 e. The molecule has 0 radical (unpaired) electrons. The van der Waals surface area contributed by atoms with Gasteiger partial charge in [-0.05, 0) is 12.8 Å². The molecule has 3 heteroatoms. The fourth-order valence-corrected chi connectivity index (χ4v) is 0.829. The maximum atomic E-state index is 11.3. The van der Waals surface area contributed by atoms with Gasteiger partial charge < -0.3 is 9.22 Å². The molecule has 0 spiro atoms. The topological polar surface area (TPSA) is 26.3 Å². The van der Waals surface area contributed by atoms with Crippen LogP contribution in [0.4, 0.5) is 0 Å². The summed E-state index contributed by atoms with van der Waals surface area (Å²) >= 11 is 0. The molecule has 14 heavy (non-hydrogen) atoms. The Kier molecular flexibility index (Phi) is 5.13. The SMILES string of the molecule is CC(C)CC(=O)OCC(C)[N+](C)(C)C. The number of likely N-dealkylation sites (N-methyl/N-ethyl adjacent to an activating group) is 1. The van der Waals surface area contributed by atoms with Gasteiger partial charge in [-0.1, -0.05) is 13.8 Å². The second kappa shape index (κ2) is 5.35. The van der Waals surface area contributed by atoms with E-state index in [1.54, 1.807) is 0 Å². The van der Waals surface area contributed by atoms with Crippen molar-refractivity contribution in [2.45, 2.75) is 33.2 Å². The lowest BCUT2D eigenvalue weighted by atomic mass is 10.1. The molecule has 0 rings (SSSR count). The van der Waals surface area contributed by atoms with Crippen molar-refractivity contribution >= 4 is 5.97 Å². The Balaban J connectivity index is 3.78. The Morgan fingerprint density at radius 3 is 2.07 bits per heavy atom. The summed E-state index contributed by atoms with van der Waals surface area (Å²) in [5.41, 5.74) is 0. The van der Waals surface area contributed by atoms with E-state index in [1.165, 1.54) is 0 Å². The number of rotatable bonds is 5. The molecule has 0 aliphatic carbocycles. The zero-order valence-corrected chi connectivity index (χ0v) is 10.3. The highest BCUT2D eigenvalue weighted by molar-refractivity contribution is 5.69. The second-order valence-corrected chi connectivity index (χ2v) is 5.25. The summed E-state index contributed by atoms with van der Waals surface area (Å²) in [5.74, 6) is 0.294. The zero-order chi connectivity index (χ0) is 11.4. The highest BCUT2D eigenvalue weighted by Gasteiger charge is 2.20. The molecule has 0 saturated heterocycles. The Morgan fingerprint density at radius 1 is 1.21 bits per heavy atom. The van der Waals surface area contributed by atoms with Crippen LogP contribution < -0.4 is 0 Å². The van der Waals surface area contributed by atoms with Crippen molar-refractivity contribution in [1.29, 1.82) is 0 Å². The normalized spacial score (nSPS) is 14.2. The van der Waals surface area contributed by atoms with Gasteiger partial charge in [0.05, 0.1) is 21.1 Å². The van der Waals surface area contributed by atoms with Gasteiger partial charge in [-0.15, -0.1) is 0 Å². The quantitative estimate of drug-likeness (QED) is 0.501. The van der Waals surface area contributed by atoms with Crippen LogP contribution in [0.3, 0.4) is 0 Å². The first-order valence-corrected chi connectivity index (χ1v) is 5.20. The Hall–Kier alpha value is -0.570. The second-order valence-electron chi connectivity index (χ2n) is 5.25. The summed E-state index contributed by atoms with van der Waals surface area (Å²) in [6, 6.07) is 0.339. The molecule has 0 amide bonds. The van der Waals surface area contributed by atoms with E-state index >= 15 is 0 Å². The monoisotopic (exact) mass is 202 g/mol. The number of nitrogens with zero attached hydrogens (tertiary/aromatic N) is 1. The molecule has 0 aromatic heterocycles. The summed E-state index contributed by atoms with van der Waals surface area (Å²) in [4.78, 5) is 11.3. The summed E-state index contributed by atoms with van der Waals surface area (Å²) < 4.78 is 6.00. The number of carbonyl (C=O) groups is 1. The van der Waals surface area contributed by atoms with Crippen LogP contribution in [0.5, 0.6) is 0 Å². The molecule has 0 fully saturated rings. The fourth-order valence-electron chi connectivity index (χ4n) is 0.829. The standard InChI is InChI=1S/C11H24NO2/c1-9(2)7-11(13)14-8-10(3)12(4,5)6/h9-10H,7-8H2,1-6H3/q+1. The van der Waals surface area contributed by atoms with Crippen molar-refractivity contribution < 1.29 is 14.0 Å². The van der Waals surface area contributed by atoms with E-state index < -0.39 is 0 Å². The third-order valence-corrected chi connectivity index (χ3v) is 2.38. The van der Waals surface area contributed by atoms with Crippen LogP contribution in [0.1, 0.15) is 27.2 Å². The van der Waals surface area contributed by atoms with Crippen LogP contribution in [0.25, 0.3) is 0 Å². The van der Waals surface area contributed by atoms with E-state index in [1.807, 2.05) is 13.8 Å². The highest BCUT2D eigenvalue weighted by Crippen LogP contribution is 2.05. The van der Waals surface area contributed by atoms with Gasteiger partial charge in [0.15, 0.2) is 0 Å². The van der Waals surface area contributed by atoms with Crippen molar-refractivity contribution in [1.82, 2.24) is 0 Å². The molecule has 3 nitrogen and oxygen atoms in total. The van der Waals surface area contributed by atoms with Crippen LogP contribution in [-0.4, -0.2) is 44.2 Å². The number of esters is 1. The van der Waals surface area contributed by atoms with E-state index in [2.05, 4.69) is 28.1 Å². The zero-order valence-electron chi connectivity index (χ0n) is 10.3. The van der Waals surface area contributed by atoms with Gasteiger partial charge in [0, 0.05) is 6.42 Å². The summed E-state index contributed by atoms with van der Waals surface area (Å²) in [6.07, 6.45) is 0.518. The van der Waals surface area contributed by atoms with Gasteiger partial charge in [0.1, 0.15) is 12.6 Å². The van der Waals surface area contributed by atoms with Crippen molar-refractivity contribution in [3.63, 3.8) is 0 Å². The van der Waals surface area contributed by atoms with Crippen molar-refractivity contribution in [3.05, 3.63) is 0 Å². The minimum Gasteiger partial charge on any atom is -0.459 e. The Labute approximate surface area is 87.6 Å². The smallest absolute Gasteiger partial charge is 0.306 e. The van der Waals surface area contributed by atoms with Gasteiger partial charge in [-0.2, -0.15) is 0 Å². The molecule has 0 N–H and O–H groups in total. The Morgan fingerprint density at radius 2 is 1.71 bits per heavy atom. The molecule has 0 aromatic carbocycles. The van der Waals surface area contributed by atoms with Gasteiger partial charge in [0.2, 0.25) is 0 Å². The number of carbonyl (C=O) groups excluding carboxylic acids is 1. The molecule has 1 atom stereocenters. The van der Waals surface area contributed by atoms with E-state index in [0.717, 1.165) is 4.48 Å². The molecule has 1 unspecified atom stereocenters. The van der Waals surface area contributed by atoms with Gasteiger partial charge in [-0.25, -0.2) is 0 Å². The number of hydrogen-bond donors (Lipinski definition) is 0. The minimum atomic E-state index is -0.0831. The lowest BCUT2D eigenvalue weighted by Gasteiger charge is -2.31. The molecule has 0 aliphatic heterocycles. The first-order valence-electron chi connectivity index (χ1n) is 5.20. The van der Waals surface area contributed by atoms with Crippen molar-refractivity contribution in [3.8, 4) is 0 Å². The van der Waals surface area contributed by atoms with Crippen LogP contribution in [0.2, 0.25) is 0 Å². The maximum absolute atomic E-state index is 11.3. The molecule has 0 bridgehead atoms. The predicted octanol–water partition coefficient (Wildman–Crippen LogP) is 1.67. The average molecular weight is 202 g/mol. The molecular formula is C11H24NO2+. The average Bonchev–Trinajstić information content (AvgIpc) is 1.96. The third-order valence-electron chi connectivity index (χ3n) is 2.38. The van der Waals surface area contributed by atoms with Crippen LogP contribution in [0.15, 0.2) is 0 Å². The lowest BCUT2D eigenvalue weighted by Crippen LogP contribution is -2.46. The molecule has 84 valence electrons. The molecule has 0 aromatic rings. The van der Waals surface area contributed by atoms with Crippen LogP contribution in [-0.2, 0) is 9.53 Å². The fraction of sp³-hybridized carbons (Fsp3) is 0.909. The number of quaternary nitrogens is 1. The van der Waals surface area contributed by atoms with Crippen LogP contribution in [0, 0.1) is 5.92 Å². The predicted molar refractivity (Wildman–Crippen MR) is 57.9 cm³/mol. The first-order chi connectivity index (χ1) is 6.23. The van der Waals surface area contributed by atoms with E-state index in [9.17, 15) is 4.79 Å². The van der Waals surface area contributed by atoms with Gasteiger partial charge in [-0.3, -0.25) is 4.79 Å². The van der Waals surface area contributed by atoms with Gasteiger partial charge >= 0.3 is 5.97 Å². The number of hydrogen-bond acceptors (Lipinski definition) is 2. The first kappa shape index (κ1) is 13.4. The summed E-state index contributed by atoms with van der Waals surface area (Å²) in [6.45, 7) is 6.63. The van der Waals surface area contributed by atoms with E-state index in [4.69, 9.17) is 4.74 Å². The summed E-state index contributed by atoms with van der Waals surface area (Å²) in [7, 11) is 6.29. The summed E-state index contributed by atoms with van der Waals surface area (Å²) in [5, 5.41) is 0. The minimum absolute atomic E-state index is 0.0831. The van der Waals surface area contributed by atoms with E-state index in [0.29, 0.717) is 25.0 Å².